The van der Waals surface area contributed by atoms with Gasteiger partial charge in [0.2, 0.25) is 0 Å². The van der Waals surface area contributed by atoms with Crippen LogP contribution in [0.15, 0.2) is 30.8 Å². The van der Waals surface area contributed by atoms with Gasteiger partial charge in [0.25, 0.3) is 0 Å². The van der Waals surface area contributed by atoms with Gasteiger partial charge in [-0.05, 0) is 36.6 Å². The lowest BCUT2D eigenvalue weighted by Gasteiger charge is -2.33. The van der Waals surface area contributed by atoms with E-state index in [4.69, 9.17) is 8.85 Å². The van der Waals surface area contributed by atoms with Gasteiger partial charge in [0, 0.05) is 6.61 Å². The quantitative estimate of drug-likeness (QED) is 0.574. The molecule has 1 unspecified atom stereocenters. The van der Waals surface area contributed by atoms with Crippen molar-refractivity contribution in [3.05, 3.63) is 42.0 Å². The van der Waals surface area contributed by atoms with E-state index in [1.165, 1.54) is 5.56 Å². The van der Waals surface area contributed by atoms with E-state index in [0.717, 1.165) is 30.7 Å². The standard InChI is InChI=1S/C17H28O2Si/c1-6-15-13-11-12-14-16(15)17(7-2)19-20(9-4,10-5)18-8-3/h6,11-14,17H,1,7-10H2,2-5H3. The highest BCUT2D eigenvalue weighted by Crippen LogP contribution is 2.32. The van der Waals surface area contributed by atoms with Crippen LogP contribution in [0.2, 0.25) is 12.1 Å². The monoisotopic (exact) mass is 292 g/mol. The van der Waals surface area contributed by atoms with Crippen molar-refractivity contribution >= 4 is 14.6 Å². The third kappa shape index (κ3) is 4.04. The minimum atomic E-state index is -2.08. The second kappa shape index (κ2) is 8.40. The summed E-state index contributed by atoms with van der Waals surface area (Å²) in [7, 11) is -2.08. The van der Waals surface area contributed by atoms with Crippen LogP contribution in [0.5, 0.6) is 0 Å². The summed E-state index contributed by atoms with van der Waals surface area (Å²) in [6.07, 6.45) is 2.96. The molecule has 1 aromatic rings. The lowest BCUT2D eigenvalue weighted by Crippen LogP contribution is -2.42. The highest BCUT2D eigenvalue weighted by molar-refractivity contribution is 6.67. The third-order valence-corrected chi connectivity index (χ3v) is 7.46. The Balaban J connectivity index is 3.03. The maximum atomic E-state index is 6.52. The smallest absolute Gasteiger partial charge is 0.338 e. The Labute approximate surface area is 125 Å². The molecule has 0 aliphatic heterocycles. The summed E-state index contributed by atoms with van der Waals surface area (Å²) in [6.45, 7) is 13.2. The fourth-order valence-electron chi connectivity index (χ4n) is 2.53. The van der Waals surface area contributed by atoms with Crippen LogP contribution in [0, 0.1) is 0 Å². The first-order valence-corrected chi connectivity index (χ1v) is 9.92. The molecule has 20 heavy (non-hydrogen) atoms. The van der Waals surface area contributed by atoms with Crippen molar-refractivity contribution in [2.24, 2.45) is 0 Å². The molecular formula is C17H28O2Si. The van der Waals surface area contributed by atoms with Crippen LogP contribution in [0.1, 0.15) is 51.3 Å². The fraction of sp³-hybridized carbons (Fsp3) is 0.529. The molecule has 1 atom stereocenters. The van der Waals surface area contributed by atoms with Crippen molar-refractivity contribution in [1.29, 1.82) is 0 Å². The van der Waals surface area contributed by atoms with E-state index in [1.54, 1.807) is 0 Å². The van der Waals surface area contributed by atoms with Gasteiger partial charge in [0.05, 0.1) is 6.10 Å². The highest BCUT2D eigenvalue weighted by Gasteiger charge is 2.36. The molecule has 0 saturated heterocycles. The number of rotatable bonds is 9. The molecule has 0 spiro atoms. The van der Waals surface area contributed by atoms with Crippen LogP contribution in [-0.4, -0.2) is 15.2 Å². The van der Waals surface area contributed by atoms with Gasteiger partial charge in [0.1, 0.15) is 0 Å². The van der Waals surface area contributed by atoms with Gasteiger partial charge < -0.3 is 8.85 Å². The van der Waals surface area contributed by atoms with Crippen molar-refractivity contribution < 1.29 is 8.85 Å². The second-order valence-electron chi connectivity index (χ2n) is 4.90. The van der Waals surface area contributed by atoms with Crippen LogP contribution in [0.3, 0.4) is 0 Å². The zero-order valence-electron chi connectivity index (χ0n) is 13.3. The van der Waals surface area contributed by atoms with Crippen LogP contribution >= 0.6 is 0 Å². The normalized spacial score (nSPS) is 13.2. The fourth-order valence-corrected chi connectivity index (χ4v) is 5.18. The molecule has 3 heteroatoms. The zero-order chi connectivity index (χ0) is 15.0. The van der Waals surface area contributed by atoms with Crippen molar-refractivity contribution in [2.45, 2.75) is 52.3 Å². The summed E-state index contributed by atoms with van der Waals surface area (Å²) in [5.74, 6) is 0. The lowest BCUT2D eigenvalue weighted by molar-refractivity contribution is 0.113. The van der Waals surface area contributed by atoms with Gasteiger partial charge in [0.15, 0.2) is 0 Å². The molecular weight excluding hydrogens is 264 g/mol. The van der Waals surface area contributed by atoms with E-state index in [9.17, 15) is 0 Å². The molecule has 0 heterocycles. The molecule has 0 aromatic heterocycles. The summed E-state index contributed by atoms with van der Waals surface area (Å²) in [5, 5.41) is 0. The lowest BCUT2D eigenvalue weighted by atomic mass is 10.0. The summed E-state index contributed by atoms with van der Waals surface area (Å²) in [6, 6.07) is 10.3. The molecule has 0 amide bonds. The third-order valence-electron chi connectivity index (χ3n) is 3.78. The molecule has 0 saturated carbocycles. The van der Waals surface area contributed by atoms with E-state index in [0.29, 0.717) is 0 Å². The Hall–Kier alpha value is -0.903. The molecule has 0 fully saturated rings. The van der Waals surface area contributed by atoms with Gasteiger partial charge >= 0.3 is 8.56 Å². The summed E-state index contributed by atoms with van der Waals surface area (Å²) < 4.78 is 12.6. The van der Waals surface area contributed by atoms with Gasteiger partial charge in [-0.25, -0.2) is 0 Å². The average Bonchev–Trinajstić information content (AvgIpc) is 2.51. The maximum absolute atomic E-state index is 6.52. The number of hydrogen-bond donors (Lipinski definition) is 0. The molecule has 1 aromatic carbocycles. The van der Waals surface area contributed by atoms with Gasteiger partial charge in [-0.3, -0.25) is 0 Å². The Bertz CT molecular complexity index is 413. The molecule has 0 N–H and O–H groups in total. The molecule has 0 bridgehead atoms. The first-order chi connectivity index (χ1) is 9.66. The minimum Gasteiger partial charge on any atom is -0.394 e. The first kappa shape index (κ1) is 17.1. The number of benzene rings is 1. The average molecular weight is 292 g/mol. The van der Waals surface area contributed by atoms with E-state index < -0.39 is 8.56 Å². The van der Waals surface area contributed by atoms with Crippen LogP contribution in [0.25, 0.3) is 6.08 Å². The SMILES string of the molecule is C=Cc1ccccc1C(CC)O[Si](CC)(CC)OCC. The predicted molar refractivity (Wildman–Crippen MR) is 89.0 cm³/mol. The molecule has 2 nitrogen and oxygen atoms in total. The Kier molecular flexibility index (Phi) is 7.20. The first-order valence-electron chi connectivity index (χ1n) is 7.69. The largest absolute Gasteiger partial charge is 0.394 e. The number of hydrogen-bond acceptors (Lipinski definition) is 2. The van der Waals surface area contributed by atoms with E-state index in [1.807, 2.05) is 12.1 Å². The van der Waals surface area contributed by atoms with Gasteiger partial charge in [-0.15, -0.1) is 0 Å². The topological polar surface area (TPSA) is 18.5 Å². The summed E-state index contributed by atoms with van der Waals surface area (Å²) >= 11 is 0. The van der Waals surface area contributed by atoms with E-state index >= 15 is 0 Å². The maximum Gasteiger partial charge on any atom is 0.338 e. The Morgan fingerprint density at radius 3 is 2.30 bits per heavy atom. The molecule has 0 aliphatic carbocycles. The van der Waals surface area contributed by atoms with Crippen LogP contribution in [0.4, 0.5) is 0 Å². The van der Waals surface area contributed by atoms with Gasteiger partial charge in [-0.2, -0.15) is 0 Å². The minimum absolute atomic E-state index is 0.0994. The van der Waals surface area contributed by atoms with Crippen molar-refractivity contribution in [1.82, 2.24) is 0 Å². The molecule has 0 radical (unpaired) electrons. The second-order valence-corrected chi connectivity index (χ2v) is 8.66. The Morgan fingerprint density at radius 1 is 1.15 bits per heavy atom. The van der Waals surface area contributed by atoms with Gasteiger partial charge in [-0.1, -0.05) is 57.7 Å². The molecule has 112 valence electrons. The van der Waals surface area contributed by atoms with Crippen molar-refractivity contribution in [3.8, 4) is 0 Å². The summed E-state index contributed by atoms with van der Waals surface area (Å²) in [4.78, 5) is 0. The summed E-state index contributed by atoms with van der Waals surface area (Å²) in [5.41, 5.74) is 2.38. The van der Waals surface area contributed by atoms with Crippen molar-refractivity contribution in [2.75, 3.05) is 6.61 Å². The van der Waals surface area contributed by atoms with Crippen LogP contribution < -0.4 is 0 Å². The predicted octanol–water partition coefficient (Wildman–Crippen LogP) is 5.32. The van der Waals surface area contributed by atoms with E-state index in [2.05, 4.69) is 52.5 Å². The van der Waals surface area contributed by atoms with Crippen LogP contribution in [-0.2, 0) is 8.85 Å². The molecule has 0 aliphatic rings. The Morgan fingerprint density at radius 2 is 1.80 bits per heavy atom. The highest BCUT2D eigenvalue weighted by atomic mass is 28.4. The molecule has 1 rings (SSSR count). The van der Waals surface area contributed by atoms with Crippen molar-refractivity contribution in [3.63, 3.8) is 0 Å². The zero-order valence-corrected chi connectivity index (χ0v) is 14.3. The van der Waals surface area contributed by atoms with E-state index in [-0.39, 0.29) is 6.10 Å².